The largest absolute Gasteiger partial charge is 0.446 e. The molecule has 0 amide bonds. The van der Waals surface area contributed by atoms with Crippen LogP contribution in [0.15, 0.2) is 17.2 Å². The first-order valence-corrected chi connectivity index (χ1v) is 3.89. The summed E-state index contributed by atoms with van der Waals surface area (Å²) >= 11 is -0.168. The van der Waals surface area contributed by atoms with Crippen molar-refractivity contribution in [1.29, 1.82) is 0 Å². The van der Waals surface area contributed by atoms with E-state index in [4.69, 9.17) is 0 Å². The molecule has 0 saturated heterocycles. The van der Waals surface area contributed by atoms with E-state index in [0.29, 0.717) is 5.56 Å². The van der Waals surface area contributed by atoms with Crippen molar-refractivity contribution in [3.63, 3.8) is 0 Å². The molecule has 1 rings (SSSR count). The van der Waals surface area contributed by atoms with E-state index in [2.05, 4.69) is 11.2 Å². The summed E-state index contributed by atoms with van der Waals surface area (Å²) in [6, 6.07) is 1.39. The van der Waals surface area contributed by atoms with Gasteiger partial charge < -0.3 is 0 Å². The van der Waals surface area contributed by atoms with Gasteiger partial charge in [-0.05, 0) is 30.3 Å². The van der Waals surface area contributed by atoms with Crippen LogP contribution in [-0.2, 0) is 0 Å². The van der Waals surface area contributed by atoms with Gasteiger partial charge in [0.15, 0.2) is 0 Å². The summed E-state index contributed by atoms with van der Waals surface area (Å²) in [5.41, 5.74) is -3.64. The van der Waals surface area contributed by atoms with Crippen LogP contribution in [0.2, 0.25) is 0 Å². The van der Waals surface area contributed by atoms with Gasteiger partial charge in [0.2, 0.25) is 0 Å². The maximum absolute atomic E-state index is 11.8. The quantitative estimate of drug-likeness (QED) is 0.634. The molecule has 0 fully saturated rings. The van der Waals surface area contributed by atoms with Gasteiger partial charge in [0.1, 0.15) is 0 Å². The lowest BCUT2D eigenvalue weighted by molar-refractivity contribution is -0.0328. The zero-order valence-corrected chi connectivity index (χ0v) is 6.96. The van der Waals surface area contributed by atoms with Crippen LogP contribution >= 0.6 is 11.8 Å². The molecule has 1 aromatic heterocycles. The Bertz CT molecular complexity index is 272. The number of halogens is 3. The van der Waals surface area contributed by atoms with E-state index in [1.165, 1.54) is 6.07 Å². The van der Waals surface area contributed by atoms with Gasteiger partial charge in [0.25, 0.3) is 0 Å². The van der Waals surface area contributed by atoms with Crippen molar-refractivity contribution in [3.8, 4) is 0 Å². The van der Waals surface area contributed by atoms with E-state index < -0.39 is 5.51 Å². The molecular formula is C7H5F3NS. The third-order valence-corrected chi connectivity index (χ3v) is 1.72. The van der Waals surface area contributed by atoms with E-state index in [1.54, 1.807) is 6.92 Å². The van der Waals surface area contributed by atoms with Crippen molar-refractivity contribution in [2.75, 3.05) is 0 Å². The van der Waals surface area contributed by atoms with E-state index in [1.807, 2.05) is 0 Å². The number of hydrogen-bond acceptors (Lipinski definition) is 2. The minimum absolute atomic E-state index is 0.0961. The highest BCUT2D eigenvalue weighted by molar-refractivity contribution is 8.00. The van der Waals surface area contributed by atoms with E-state index in [-0.39, 0.29) is 16.7 Å². The first-order chi connectivity index (χ1) is 5.47. The van der Waals surface area contributed by atoms with Crippen LogP contribution in [0, 0.1) is 13.1 Å². The standard InChI is InChI=1S/C7H5F3NS/c1-5-2-6(4-11-3-5)12-7(8,9)10/h2,4H,1H3. The summed E-state index contributed by atoms with van der Waals surface area (Å²) < 4.78 is 35.4. The van der Waals surface area contributed by atoms with Gasteiger partial charge in [-0.3, -0.25) is 4.98 Å². The zero-order valence-electron chi connectivity index (χ0n) is 6.14. The highest BCUT2D eigenvalue weighted by atomic mass is 32.2. The molecule has 5 heteroatoms. The summed E-state index contributed by atoms with van der Waals surface area (Å²) in [5.74, 6) is 0. The van der Waals surface area contributed by atoms with Crippen LogP contribution in [0.3, 0.4) is 0 Å². The lowest BCUT2D eigenvalue weighted by Gasteiger charge is -2.04. The van der Waals surface area contributed by atoms with Crippen LogP contribution < -0.4 is 0 Å². The third kappa shape index (κ3) is 3.13. The molecule has 1 heterocycles. The van der Waals surface area contributed by atoms with Crippen molar-refractivity contribution in [1.82, 2.24) is 4.98 Å². The molecule has 0 aliphatic carbocycles. The fraction of sp³-hybridized carbons (Fsp3) is 0.286. The minimum atomic E-state index is -4.24. The predicted octanol–water partition coefficient (Wildman–Crippen LogP) is 2.80. The van der Waals surface area contributed by atoms with E-state index in [9.17, 15) is 13.2 Å². The summed E-state index contributed by atoms with van der Waals surface area (Å²) in [5, 5.41) is 0. The number of hydrogen-bond donors (Lipinski definition) is 0. The fourth-order valence-corrected chi connectivity index (χ4v) is 1.28. The molecule has 1 aromatic rings. The predicted molar refractivity (Wildman–Crippen MR) is 39.7 cm³/mol. The second-order valence-corrected chi connectivity index (χ2v) is 3.29. The Balaban J connectivity index is 2.77. The SMILES string of the molecule is Cc1[c]ncc(SC(F)(F)F)c1. The molecule has 0 atom stereocenters. The van der Waals surface area contributed by atoms with Crippen molar-refractivity contribution >= 4 is 11.8 Å². The molecule has 0 aliphatic rings. The number of aromatic nitrogens is 1. The van der Waals surface area contributed by atoms with Crippen molar-refractivity contribution in [3.05, 3.63) is 24.0 Å². The molecule has 0 spiro atoms. The van der Waals surface area contributed by atoms with Crippen molar-refractivity contribution in [2.45, 2.75) is 17.3 Å². The van der Waals surface area contributed by atoms with Crippen molar-refractivity contribution in [2.24, 2.45) is 0 Å². The zero-order chi connectivity index (χ0) is 9.19. The highest BCUT2D eigenvalue weighted by Gasteiger charge is 2.29. The van der Waals surface area contributed by atoms with Crippen LogP contribution in [-0.4, -0.2) is 10.5 Å². The summed E-state index contributed by atoms with van der Waals surface area (Å²) in [6.07, 6.45) is 3.67. The summed E-state index contributed by atoms with van der Waals surface area (Å²) in [7, 11) is 0. The number of pyridine rings is 1. The molecular weight excluding hydrogens is 187 g/mol. The number of aryl methyl sites for hydroxylation is 1. The molecule has 0 saturated carbocycles. The van der Waals surface area contributed by atoms with Gasteiger partial charge in [0, 0.05) is 11.1 Å². The van der Waals surface area contributed by atoms with Crippen molar-refractivity contribution < 1.29 is 13.2 Å². The summed E-state index contributed by atoms with van der Waals surface area (Å²) in [4.78, 5) is 3.62. The van der Waals surface area contributed by atoms with Gasteiger partial charge in [-0.15, -0.1) is 0 Å². The number of rotatable bonds is 1. The minimum Gasteiger partial charge on any atom is -0.253 e. The van der Waals surface area contributed by atoms with E-state index in [0.717, 1.165) is 6.20 Å². The van der Waals surface area contributed by atoms with Crippen LogP contribution in [0.5, 0.6) is 0 Å². The molecule has 1 radical (unpaired) electrons. The van der Waals surface area contributed by atoms with Gasteiger partial charge in [-0.2, -0.15) is 13.2 Å². The van der Waals surface area contributed by atoms with Gasteiger partial charge in [-0.1, -0.05) is 0 Å². The number of nitrogens with zero attached hydrogens (tertiary/aromatic N) is 1. The monoisotopic (exact) mass is 192 g/mol. The molecule has 0 bridgehead atoms. The third-order valence-electron chi connectivity index (χ3n) is 1.03. The number of thioether (sulfide) groups is 1. The normalized spacial score (nSPS) is 11.7. The first-order valence-electron chi connectivity index (χ1n) is 3.07. The number of alkyl halides is 3. The lowest BCUT2D eigenvalue weighted by atomic mass is 10.3. The Hall–Kier alpha value is -0.710. The van der Waals surface area contributed by atoms with Crippen LogP contribution in [0.1, 0.15) is 5.56 Å². The molecule has 0 aromatic carbocycles. The Kier molecular flexibility index (Phi) is 2.62. The topological polar surface area (TPSA) is 12.9 Å². The van der Waals surface area contributed by atoms with Gasteiger partial charge in [0.05, 0.1) is 6.20 Å². The Labute approximate surface area is 72.0 Å². The second-order valence-electron chi connectivity index (χ2n) is 2.15. The van der Waals surface area contributed by atoms with E-state index >= 15 is 0 Å². The second kappa shape index (κ2) is 3.35. The highest BCUT2D eigenvalue weighted by Crippen LogP contribution is 2.36. The van der Waals surface area contributed by atoms with Gasteiger partial charge >= 0.3 is 5.51 Å². The smallest absolute Gasteiger partial charge is 0.253 e. The van der Waals surface area contributed by atoms with Crippen LogP contribution in [0.25, 0.3) is 0 Å². The molecule has 0 aliphatic heterocycles. The Morgan fingerprint density at radius 1 is 1.50 bits per heavy atom. The average molecular weight is 192 g/mol. The maximum Gasteiger partial charge on any atom is 0.446 e. The first kappa shape index (κ1) is 9.38. The molecule has 0 unspecified atom stereocenters. The summed E-state index contributed by atoms with van der Waals surface area (Å²) in [6.45, 7) is 1.65. The molecule has 12 heavy (non-hydrogen) atoms. The molecule has 0 N–H and O–H groups in total. The Morgan fingerprint density at radius 3 is 2.67 bits per heavy atom. The lowest BCUT2D eigenvalue weighted by Crippen LogP contribution is -1.99. The van der Waals surface area contributed by atoms with Crippen LogP contribution in [0.4, 0.5) is 13.2 Å². The Morgan fingerprint density at radius 2 is 2.17 bits per heavy atom. The molecule has 65 valence electrons. The van der Waals surface area contributed by atoms with Gasteiger partial charge in [-0.25, -0.2) is 0 Å². The molecule has 1 nitrogen and oxygen atoms in total. The maximum atomic E-state index is 11.8. The fourth-order valence-electron chi connectivity index (χ4n) is 0.670. The average Bonchev–Trinajstić information content (AvgIpc) is 1.82.